The van der Waals surface area contributed by atoms with Gasteiger partial charge in [0.25, 0.3) is 5.91 Å². The number of carbonyl (C=O) groups excluding carboxylic acids is 1. The Bertz CT molecular complexity index is 791. The average molecular weight is 281 g/mol. The minimum absolute atomic E-state index is 0.159. The van der Waals surface area contributed by atoms with Gasteiger partial charge in [-0.2, -0.15) is 0 Å². The Kier molecular flexibility index (Phi) is 3.31. The number of nitrogens with zero attached hydrogens (tertiary/aromatic N) is 2. The van der Waals surface area contributed by atoms with Crippen LogP contribution in [0.3, 0.4) is 0 Å². The Hall–Kier alpha value is -2.82. The van der Waals surface area contributed by atoms with Gasteiger partial charge in [0.1, 0.15) is 11.4 Å². The van der Waals surface area contributed by atoms with E-state index in [9.17, 15) is 4.79 Å². The van der Waals surface area contributed by atoms with Crippen LogP contribution in [0.4, 0.5) is 5.69 Å². The topological polar surface area (TPSA) is 55.6 Å². The molecule has 0 aliphatic carbocycles. The molecule has 106 valence electrons. The van der Waals surface area contributed by atoms with Gasteiger partial charge >= 0.3 is 0 Å². The fourth-order valence-corrected chi connectivity index (χ4v) is 2.13. The molecule has 1 aromatic carbocycles. The zero-order valence-electron chi connectivity index (χ0n) is 11.8. The van der Waals surface area contributed by atoms with Crippen LogP contribution in [0.1, 0.15) is 16.1 Å². The second kappa shape index (κ2) is 5.28. The fraction of sp³-hybridized carbons (Fsp3) is 0.125. The highest BCUT2D eigenvalue weighted by molar-refractivity contribution is 6.04. The van der Waals surface area contributed by atoms with Crippen LogP contribution in [-0.4, -0.2) is 22.4 Å². The number of ether oxygens (including phenoxy) is 1. The van der Waals surface area contributed by atoms with Crippen LogP contribution >= 0.6 is 0 Å². The summed E-state index contributed by atoms with van der Waals surface area (Å²) in [5, 5.41) is 2.85. The van der Waals surface area contributed by atoms with Crippen molar-refractivity contribution in [2.24, 2.45) is 0 Å². The van der Waals surface area contributed by atoms with Crippen molar-refractivity contribution < 1.29 is 9.53 Å². The summed E-state index contributed by atoms with van der Waals surface area (Å²) in [5.74, 6) is 0.594. The molecule has 3 rings (SSSR count). The van der Waals surface area contributed by atoms with Gasteiger partial charge in [0.2, 0.25) is 0 Å². The van der Waals surface area contributed by atoms with E-state index in [1.807, 2.05) is 23.6 Å². The summed E-state index contributed by atoms with van der Waals surface area (Å²) in [5.41, 5.74) is 3.05. The minimum Gasteiger partial charge on any atom is -0.497 e. The van der Waals surface area contributed by atoms with Gasteiger partial charge < -0.3 is 14.5 Å². The molecule has 3 aromatic rings. The van der Waals surface area contributed by atoms with Crippen LogP contribution in [-0.2, 0) is 0 Å². The van der Waals surface area contributed by atoms with Gasteiger partial charge in [0.15, 0.2) is 0 Å². The van der Waals surface area contributed by atoms with E-state index < -0.39 is 0 Å². The zero-order valence-corrected chi connectivity index (χ0v) is 11.8. The first kappa shape index (κ1) is 13.2. The molecule has 1 amide bonds. The van der Waals surface area contributed by atoms with Gasteiger partial charge in [0.05, 0.1) is 18.4 Å². The first-order chi connectivity index (χ1) is 10.2. The number of aryl methyl sites for hydroxylation is 1. The second-order valence-corrected chi connectivity index (χ2v) is 4.75. The van der Waals surface area contributed by atoms with Gasteiger partial charge in [-0.05, 0) is 43.3 Å². The monoisotopic (exact) mass is 281 g/mol. The number of methoxy groups -OCH3 is 1. The van der Waals surface area contributed by atoms with Crippen LogP contribution in [0.15, 0.2) is 48.8 Å². The van der Waals surface area contributed by atoms with E-state index in [0.717, 1.165) is 22.8 Å². The fourth-order valence-electron chi connectivity index (χ4n) is 2.13. The highest BCUT2D eigenvalue weighted by atomic mass is 16.5. The normalized spacial score (nSPS) is 10.6. The van der Waals surface area contributed by atoms with Crippen molar-refractivity contribution >= 4 is 17.2 Å². The van der Waals surface area contributed by atoms with Crippen molar-refractivity contribution in [3.63, 3.8) is 0 Å². The lowest BCUT2D eigenvalue weighted by molar-refractivity contribution is 0.102. The molecule has 0 saturated heterocycles. The Morgan fingerprint density at radius 1 is 1.14 bits per heavy atom. The first-order valence-corrected chi connectivity index (χ1v) is 6.56. The highest BCUT2D eigenvalue weighted by Crippen LogP contribution is 2.16. The van der Waals surface area contributed by atoms with Crippen molar-refractivity contribution in [1.29, 1.82) is 0 Å². The minimum atomic E-state index is -0.159. The summed E-state index contributed by atoms with van der Waals surface area (Å²) in [6.45, 7) is 1.92. The highest BCUT2D eigenvalue weighted by Gasteiger charge is 2.08. The van der Waals surface area contributed by atoms with Crippen molar-refractivity contribution in [3.05, 3.63) is 60.0 Å². The number of hydrogen-bond acceptors (Lipinski definition) is 3. The Morgan fingerprint density at radius 3 is 2.62 bits per heavy atom. The molecule has 5 nitrogen and oxygen atoms in total. The molecular formula is C16H15N3O2. The van der Waals surface area contributed by atoms with Gasteiger partial charge in [0, 0.05) is 18.1 Å². The molecule has 0 radical (unpaired) electrons. The van der Waals surface area contributed by atoms with E-state index in [4.69, 9.17) is 4.74 Å². The molecule has 1 N–H and O–H groups in total. The van der Waals surface area contributed by atoms with Crippen molar-refractivity contribution in [3.8, 4) is 5.75 Å². The third-order valence-electron chi connectivity index (χ3n) is 3.18. The van der Waals surface area contributed by atoms with Gasteiger partial charge in [-0.15, -0.1) is 0 Å². The molecule has 0 fully saturated rings. The number of amides is 1. The molecule has 0 atom stereocenters. The molecule has 0 saturated carbocycles. The van der Waals surface area contributed by atoms with E-state index in [1.165, 1.54) is 0 Å². The van der Waals surface area contributed by atoms with Crippen LogP contribution in [0.2, 0.25) is 0 Å². The molecule has 0 spiro atoms. The van der Waals surface area contributed by atoms with Crippen LogP contribution < -0.4 is 10.1 Å². The van der Waals surface area contributed by atoms with Crippen molar-refractivity contribution in [1.82, 2.24) is 9.38 Å². The number of carbonyl (C=O) groups is 1. The van der Waals surface area contributed by atoms with Crippen LogP contribution in [0.25, 0.3) is 5.65 Å². The Morgan fingerprint density at radius 2 is 1.90 bits per heavy atom. The lowest BCUT2D eigenvalue weighted by atomic mass is 10.2. The quantitative estimate of drug-likeness (QED) is 0.803. The smallest absolute Gasteiger partial charge is 0.257 e. The average Bonchev–Trinajstić information content (AvgIpc) is 2.87. The predicted octanol–water partition coefficient (Wildman–Crippen LogP) is 2.90. The number of hydrogen-bond donors (Lipinski definition) is 1. The maximum atomic E-state index is 12.2. The van der Waals surface area contributed by atoms with Crippen LogP contribution in [0, 0.1) is 6.92 Å². The number of pyridine rings is 1. The molecule has 0 bridgehead atoms. The Labute approximate surface area is 122 Å². The summed E-state index contributed by atoms with van der Waals surface area (Å²) >= 11 is 0. The number of fused-ring (bicyclic) bond motifs is 1. The molecule has 5 heteroatoms. The maximum absolute atomic E-state index is 12.2. The van der Waals surface area contributed by atoms with Gasteiger partial charge in [-0.3, -0.25) is 4.79 Å². The third kappa shape index (κ3) is 2.72. The standard InChI is InChI=1S/C16H15N3O2/c1-11-9-19-10-12(3-8-15(19)17-11)16(20)18-13-4-6-14(21-2)7-5-13/h3-10H,1-2H3,(H,18,20). The van der Waals surface area contributed by atoms with Gasteiger partial charge in [-0.1, -0.05) is 0 Å². The summed E-state index contributed by atoms with van der Waals surface area (Å²) in [6, 6.07) is 10.8. The number of rotatable bonds is 3. The predicted molar refractivity (Wildman–Crippen MR) is 80.9 cm³/mol. The SMILES string of the molecule is COc1ccc(NC(=O)c2ccc3nc(C)cn3c2)cc1. The molecule has 2 heterocycles. The molecule has 0 aliphatic heterocycles. The first-order valence-electron chi connectivity index (χ1n) is 6.56. The van der Waals surface area contributed by atoms with E-state index in [1.54, 1.807) is 43.6 Å². The van der Waals surface area contributed by atoms with Crippen molar-refractivity contribution in [2.45, 2.75) is 6.92 Å². The zero-order chi connectivity index (χ0) is 14.8. The number of aromatic nitrogens is 2. The lowest BCUT2D eigenvalue weighted by Crippen LogP contribution is -2.12. The lowest BCUT2D eigenvalue weighted by Gasteiger charge is -2.06. The number of nitrogens with one attached hydrogen (secondary N) is 1. The summed E-state index contributed by atoms with van der Waals surface area (Å²) < 4.78 is 6.93. The summed E-state index contributed by atoms with van der Waals surface area (Å²) in [4.78, 5) is 16.6. The van der Waals surface area contributed by atoms with Crippen molar-refractivity contribution in [2.75, 3.05) is 12.4 Å². The van der Waals surface area contributed by atoms with Gasteiger partial charge in [-0.25, -0.2) is 4.98 Å². The molecule has 2 aromatic heterocycles. The molecular weight excluding hydrogens is 266 g/mol. The maximum Gasteiger partial charge on any atom is 0.257 e. The summed E-state index contributed by atoms with van der Waals surface area (Å²) in [6.07, 6.45) is 3.66. The molecule has 0 aliphatic rings. The third-order valence-corrected chi connectivity index (χ3v) is 3.18. The number of anilines is 1. The largest absolute Gasteiger partial charge is 0.497 e. The van der Waals surface area contributed by atoms with E-state index in [-0.39, 0.29) is 5.91 Å². The summed E-state index contributed by atoms with van der Waals surface area (Å²) in [7, 11) is 1.61. The van der Waals surface area contributed by atoms with E-state index >= 15 is 0 Å². The van der Waals surface area contributed by atoms with Crippen LogP contribution in [0.5, 0.6) is 5.75 Å². The Balaban J connectivity index is 1.82. The van der Waals surface area contributed by atoms with E-state index in [0.29, 0.717) is 5.56 Å². The molecule has 0 unspecified atom stereocenters. The molecule has 21 heavy (non-hydrogen) atoms. The second-order valence-electron chi connectivity index (χ2n) is 4.75. The number of benzene rings is 1. The van der Waals surface area contributed by atoms with E-state index in [2.05, 4.69) is 10.3 Å². The number of imidazole rings is 1.